The van der Waals surface area contributed by atoms with Crippen LogP contribution in [0.2, 0.25) is 0 Å². The van der Waals surface area contributed by atoms with Gasteiger partial charge in [0.15, 0.2) is 5.78 Å². The minimum atomic E-state index is -0.330. The van der Waals surface area contributed by atoms with Crippen LogP contribution >= 0.6 is 0 Å². The van der Waals surface area contributed by atoms with Crippen LogP contribution in [-0.4, -0.2) is 17.0 Å². The molecule has 0 aromatic rings. The van der Waals surface area contributed by atoms with E-state index < -0.39 is 0 Å². The fourth-order valence-corrected chi connectivity index (χ4v) is 5.29. The summed E-state index contributed by atoms with van der Waals surface area (Å²) in [5.41, 5.74) is 2.39. The van der Waals surface area contributed by atoms with E-state index in [4.69, 9.17) is 0 Å². The van der Waals surface area contributed by atoms with E-state index in [1.807, 2.05) is 6.92 Å². The fraction of sp³-hybridized carbons (Fsp3) is 0.750. The molecular weight excluding hydrogens is 272 g/mol. The van der Waals surface area contributed by atoms with Crippen LogP contribution in [0.15, 0.2) is 23.3 Å². The van der Waals surface area contributed by atoms with Gasteiger partial charge in [-0.25, -0.2) is 0 Å². The predicted molar refractivity (Wildman–Crippen MR) is 89.4 cm³/mol. The molecule has 22 heavy (non-hydrogen) atoms. The highest BCUT2D eigenvalue weighted by Gasteiger charge is 2.58. The Balaban J connectivity index is 2.06. The van der Waals surface area contributed by atoms with Crippen LogP contribution in [-0.2, 0) is 4.79 Å². The molecule has 1 saturated carbocycles. The van der Waals surface area contributed by atoms with Crippen LogP contribution in [0.1, 0.15) is 60.3 Å². The molecule has 0 bridgehead atoms. The molecule has 5 atom stereocenters. The average Bonchev–Trinajstić information content (AvgIpc) is 2.64. The van der Waals surface area contributed by atoms with E-state index in [1.165, 1.54) is 5.57 Å². The van der Waals surface area contributed by atoms with Gasteiger partial charge in [0.2, 0.25) is 0 Å². The highest BCUT2D eigenvalue weighted by atomic mass is 16.3. The summed E-state index contributed by atoms with van der Waals surface area (Å²) in [6.07, 6.45) is 7.68. The number of ketones is 1. The van der Waals surface area contributed by atoms with Gasteiger partial charge in [0, 0.05) is 11.8 Å². The molecule has 0 aromatic heterocycles. The lowest BCUT2D eigenvalue weighted by Gasteiger charge is -2.53. The molecule has 0 aromatic carbocycles. The third-order valence-corrected chi connectivity index (χ3v) is 6.98. The lowest BCUT2D eigenvalue weighted by atomic mass is 9.51. The number of carbonyl (C=O) groups excluding carboxylic acids is 1. The van der Waals surface area contributed by atoms with Crippen LogP contribution in [0.5, 0.6) is 0 Å². The molecule has 0 saturated heterocycles. The molecule has 0 radical (unpaired) electrons. The van der Waals surface area contributed by atoms with E-state index in [9.17, 15) is 9.90 Å². The molecule has 2 nitrogen and oxygen atoms in total. The molecule has 0 unspecified atom stereocenters. The molecule has 3 aliphatic rings. The Kier molecular flexibility index (Phi) is 3.67. The summed E-state index contributed by atoms with van der Waals surface area (Å²) in [5, 5.41) is 10.7. The van der Waals surface area contributed by atoms with Gasteiger partial charge in [-0.15, -0.1) is 0 Å². The van der Waals surface area contributed by atoms with Gasteiger partial charge in [-0.2, -0.15) is 0 Å². The van der Waals surface area contributed by atoms with Crippen molar-refractivity contribution in [1.29, 1.82) is 0 Å². The Morgan fingerprint density at radius 3 is 2.59 bits per heavy atom. The molecule has 0 amide bonds. The molecule has 0 aliphatic heterocycles. The van der Waals surface area contributed by atoms with Gasteiger partial charge in [-0.3, -0.25) is 4.79 Å². The maximum atomic E-state index is 12.4. The molecule has 0 heterocycles. The van der Waals surface area contributed by atoms with Crippen molar-refractivity contribution in [2.75, 3.05) is 0 Å². The molecule has 3 aliphatic carbocycles. The van der Waals surface area contributed by atoms with Crippen molar-refractivity contribution < 1.29 is 9.90 Å². The molecule has 0 spiro atoms. The second-order valence-electron chi connectivity index (χ2n) is 8.73. The topological polar surface area (TPSA) is 37.3 Å². The summed E-state index contributed by atoms with van der Waals surface area (Å²) in [5.74, 6) is 1.67. The lowest BCUT2D eigenvalue weighted by molar-refractivity contribution is -0.121. The molecule has 122 valence electrons. The normalized spacial score (nSPS) is 45.0. The van der Waals surface area contributed by atoms with Crippen molar-refractivity contribution in [3.8, 4) is 0 Å². The average molecular weight is 302 g/mol. The molecule has 2 heteroatoms. The first-order valence-corrected chi connectivity index (χ1v) is 8.79. The van der Waals surface area contributed by atoms with Crippen LogP contribution in [0.4, 0.5) is 0 Å². The Bertz CT molecular complexity index is 556. The van der Waals surface area contributed by atoms with Gasteiger partial charge < -0.3 is 5.11 Å². The second kappa shape index (κ2) is 5.06. The first kappa shape index (κ1) is 16.0. The summed E-state index contributed by atoms with van der Waals surface area (Å²) < 4.78 is 0. The van der Waals surface area contributed by atoms with Gasteiger partial charge in [0.05, 0.1) is 6.10 Å². The smallest absolute Gasteiger partial charge is 0.158 e. The van der Waals surface area contributed by atoms with Crippen LogP contribution in [0.3, 0.4) is 0 Å². The highest BCUT2D eigenvalue weighted by molar-refractivity contribution is 5.95. The van der Waals surface area contributed by atoms with Crippen molar-refractivity contribution in [2.45, 2.75) is 66.4 Å². The zero-order chi connectivity index (χ0) is 16.3. The number of allylic oxidation sites excluding steroid dienone is 3. The van der Waals surface area contributed by atoms with Crippen molar-refractivity contribution in [3.63, 3.8) is 0 Å². The van der Waals surface area contributed by atoms with Gasteiger partial charge in [-0.05, 0) is 54.9 Å². The number of aliphatic hydroxyl groups is 1. The highest BCUT2D eigenvalue weighted by Crippen LogP contribution is 2.63. The van der Waals surface area contributed by atoms with E-state index in [0.29, 0.717) is 30.0 Å². The second-order valence-corrected chi connectivity index (χ2v) is 8.73. The third-order valence-electron chi connectivity index (χ3n) is 6.98. The monoisotopic (exact) mass is 302 g/mol. The summed E-state index contributed by atoms with van der Waals surface area (Å²) in [6.45, 7) is 11.0. The minimum Gasteiger partial charge on any atom is -0.388 e. The lowest BCUT2D eigenvalue weighted by Crippen LogP contribution is -2.49. The Hall–Kier alpha value is -0.890. The predicted octanol–water partition coefficient (Wildman–Crippen LogP) is 4.29. The van der Waals surface area contributed by atoms with E-state index >= 15 is 0 Å². The van der Waals surface area contributed by atoms with E-state index in [1.54, 1.807) is 0 Å². The van der Waals surface area contributed by atoms with E-state index in [2.05, 4.69) is 39.8 Å². The van der Waals surface area contributed by atoms with Crippen molar-refractivity contribution in [3.05, 3.63) is 23.3 Å². The SMILES string of the molecule is CC1=CC[C@@H]2[C@H]3C(C(C)C)=C[C@H](O)[C@@]3(C)CC[C@@]2(C)CC1=O. The first-order chi connectivity index (χ1) is 10.2. The van der Waals surface area contributed by atoms with Gasteiger partial charge in [-0.1, -0.05) is 45.4 Å². The standard InChI is InChI=1S/C20H30O2/c1-12(2)14-10-17(22)20(5)9-8-19(4)11-16(21)13(3)6-7-15(19)18(14)20/h6,10,12,15,17-18,22H,7-9,11H2,1-5H3/t15-,17+,18-,19+,20-/m1/s1. The van der Waals surface area contributed by atoms with Crippen LogP contribution < -0.4 is 0 Å². The zero-order valence-electron chi connectivity index (χ0n) is 14.6. The number of Topliss-reactive ketones (excluding diaryl/α,β-unsaturated/α-hetero) is 1. The molecule has 3 rings (SSSR count). The molecule has 1 N–H and O–H groups in total. The largest absolute Gasteiger partial charge is 0.388 e. The van der Waals surface area contributed by atoms with Crippen molar-refractivity contribution in [2.24, 2.45) is 28.6 Å². The third kappa shape index (κ3) is 2.14. The van der Waals surface area contributed by atoms with E-state index in [-0.39, 0.29) is 16.9 Å². The number of fused-ring (bicyclic) bond motifs is 3. The molecular formula is C20H30O2. The van der Waals surface area contributed by atoms with Crippen LogP contribution in [0.25, 0.3) is 0 Å². The summed E-state index contributed by atoms with van der Waals surface area (Å²) in [4.78, 5) is 12.4. The minimum absolute atomic E-state index is 0.0427. The number of hydrogen-bond donors (Lipinski definition) is 1. The maximum absolute atomic E-state index is 12.4. The summed E-state index contributed by atoms with van der Waals surface area (Å²) in [7, 11) is 0. The summed E-state index contributed by atoms with van der Waals surface area (Å²) in [6, 6.07) is 0. The number of carbonyl (C=O) groups is 1. The molecule has 1 fully saturated rings. The van der Waals surface area contributed by atoms with Crippen molar-refractivity contribution in [1.82, 2.24) is 0 Å². The van der Waals surface area contributed by atoms with Gasteiger partial charge in [0.25, 0.3) is 0 Å². The maximum Gasteiger partial charge on any atom is 0.158 e. The van der Waals surface area contributed by atoms with E-state index in [0.717, 1.165) is 24.8 Å². The quantitative estimate of drug-likeness (QED) is 0.734. The van der Waals surface area contributed by atoms with Crippen LogP contribution in [0, 0.1) is 28.6 Å². The number of hydrogen-bond acceptors (Lipinski definition) is 2. The first-order valence-electron chi connectivity index (χ1n) is 8.79. The van der Waals surface area contributed by atoms with Crippen molar-refractivity contribution >= 4 is 5.78 Å². The number of aliphatic hydroxyl groups excluding tert-OH is 1. The summed E-state index contributed by atoms with van der Waals surface area (Å²) >= 11 is 0. The van der Waals surface area contributed by atoms with Gasteiger partial charge in [0.1, 0.15) is 0 Å². The number of rotatable bonds is 1. The fourth-order valence-electron chi connectivity index (χ4n) is 5.29. The Morgan fingerprint density at radius 2 is 1.95 bits per heavy atom. The zero-order valence-corrected chi connectivity index (χ0v) is 14.6. The Labute approximate surface area is 134 Å². The Morgan fingerprint density at radius 1 is 1.27 bits per heavy atom. The van der Waals surface area contributed by atoms with Gasteiger partial charge >= 0.3 is 0 Å².